The smallest absolute Gasteiger partial charge is 0.422 e. The SMILES string of the molecule is CC(C)(C)OC(=O)N1CCC(=O)C(F)(F)C1.CC(C)(C)OC(=O)N1CCC(n2cc(C=O)cn2)C(F)(F)C1.CC(C)(C)OC(=O)N1CCC(n2cc(CNc3cccc4c3C(=O)N(C3CCC(=O)NC3=O)C4=O)cn2)C(F)(F)C1.CC(C)(C)OC(=O)NN.CC(C)(C)OC(=O)NNC1CCN(C(=O)OC(C)(C)C)CC1(F)F.Nc1cccc2c1C(=O)N(C1CCC(=O)NC1=O)C2=O.O=CC(C=O)C=O. The van der Waals surface area contributed by atoms with E-state index in [0.717, 1.165) is 34.1 Å². The van der Waals surface area contributed by atoms with Gasteiger partial charge in [0.1, 0.15) is 82.6 Å². The molecule has 0 aliphatic carbocycles. The number of imide groups is 4. The van der Waals surface area contributed by atoms with E-state index in [4.69, 9.17) is 40.0 Å². The number of ether oxygens (including phenoxy) is 6. The number of piperidine rings is 6. The lowest BCUT2D eigenvalue weighted by Crippen LogP contribution is -2.62. The summed E-state index contributed by atoms with van der Waals surface area (Å²) < 4.78 is 146. The molecule has 0 saturated carbocycles. The van der Waals surface area contributed by atoms with Crippen LogP contribution in [0.2, 0.25) is 0 Å². The summed E-state index contributed by atoms with van der Waals surface area (Å²) in [5.74, 6) is -15.1. The van der Waals surface area contributed by atoms with E-state index in [1.807, 2.05) is 5.43 Å². The van der Waals surface area contributed by atoms with Crippen LogP contribution in [-0.2, 0) is 73.3 Å². The molecule has 4 aromatic rings. The maximum Gasteiger partial charge on any atom is 0.422 e. The summed E-state index contributed by atoms with van der Waals surface area (Å²) in [6.45, 7) is 27.5. The van der Waals surface area contributed by atoms with Gasteiger partial charge in [0, 0.05) is 81.3 Å². The Labute approximate surface area is 793 Å². The third kappa shape index (κ3) is 33.3. The van der Waals surface area contributed by atoms with Gasteiger partial charge in [0.25, 0.3) is 41.4 Å². The Morgan fingerprint density at radius 3 is 1.23 bits per heavy atom. The van der Waals surface area contributed by atoms with Crippen molar-refractivity contribution in [2.45, 2.75) is 270 Å². The zero-order valence-electron chi connectivity index (χ0n) is 79.9. The number of aldehydes is 4. The van der Waals surface area contributed by atoms with Crippen LogP contribution < -0.4 is 43.8 Å². The Hall–Kier alpha value is -13.6. The molecule has 766 valence electrons. The molecule has 5 unspecified atom stereocenters. The molecule has 8 aliphatic rings. The number of Topliss-reactive ketones (excluding diaryl/α,β-unsaturated/α-hetero) is 1. The van der Waals surface area contributed by atoms with Crippen molar-refractivity contribution in [3.63, 3.8) is 0 Å². The number of ketones is 1. The number of nitrogens with zero attached hydrogens (tertiary/aromatic N) is 10. The highest BCUT2D eigenvalue weighted by Crippen LogP contribution is 2.41. The van der Waals surface area contributed by atoms with Gasteiger partial charge in [-0.1, -0.05) is 12.1 Å². The fraction of sp³-hybridized carbons (Fsp3) is 0.580. The summed E-state index contributed by atoms with van der Waals surface area (Å²) in [6, 6.07) is 3.47. The van der Waals surface area contributed by atoms with Gasteiger partial charge in [0.05, 0.1) is 72.4 Å². The summed E-state index contributed by atoms with van der Waals surface area (Å²) in [5.41, 5.74) is 9.65. The average molecular weight is 1980 g/mol. The van der Waals surface area contributed by atoms with E-state index in [0.29, 0.717) is 36.4 Å². The van der Waals surface area contributed by atoms with Crippen molar-refractivity contribution in [2.75, 3.05) is 63.4 Å². The maximum atomic E-state index is 15.1. The summed E-state index contributed by atoms with van der Waals surface area (Å²) in [6.07, 6.45) is 2.20. The number of fused-ring (bicyclic) bond motifs is 2. The van der Waals surface area contributed by atoms with E-state index in [1.54, 1.807) is 143 Å². The standard InChI is InChI=1S/C27H30F2N6O6.C15H27F2N3O4.C14H19F2N3O3.C13H11N3O4.C10H15F2NO3.C5H12N2O2.C4H4O3/c1-26(2,3)41-25(40)33-10-9-19(27(28,29)14-33)34-13-15(12-31-34)11-30-17-6-4-5-16-21(17)24(39)35(23(16)38)18-7-8-20(36)32-22(18)37;1-13(2,3)23-11(21)19-18-10-7-8-20(9-15(10,16)17)12(22)24-14(4,5)6;1-13(2,3)22-12(21)18-5-4-11(14(15,16)9-18)19-7-10(8-20)6-17-19;14-7-3-1-2-6-10(7)13(20)16(12(6)19)8-4-5-9(17)15-11(8)18;1-9(2,3)16-8(15)13-5-4-7(14)10(11,12)6-13;1-5(2,3)9-4(8)7-6;5-1-4(2-6)3-7/h4-6,12-13,18-19,30H,7-11,14H2,1-3H3,(H,32,36,37);10,18H,7-9H2,1-6H3,(H,19,21);6-8,11H,4-5,9H2,1-3H3;1-3,8H,4-5,14H2,(H,15,17,18);4-6H2,1-3H3;6H2,1-3H3,(H,7,8);1-4H. The minimum atomic E-state index is -3.45. The number of hydrogen-bond donors (Lipinski definition) is 8. The number of carbonyl (C=O) groups is 19. The van der Waals surface area contributed by atoms with Crippen LogP contribution in [0.1, 0.15) is 245 Å². The molecule has 14 amide bonds. The van der Waals surface area contributed by atoms with Crippen LogP contribution in [0.4, 0.5) is 75.3 Å². The molecule has 10 N–H and O–H groups in total. The first-order valence-electron chi connectivity index (χ1n) is 43.5. The van der Waals surface area contributed by atoms with E-state index >= 15 is 8.78 Å². The molecule has 43 nitrogen and oxygen atoms in total. The van der Waals surface area contributed by atoms with Crippen molar-refractivity contribution in [1.29, 1.82) is 0 Å². The fourth-order valence-electron chi connectivity index (χ4n) is 13.9. The lowest BCUT2D eigenvalue weighted by molar-refractivity contribution is -0.150. The number of amides is 14. The molecule has 0 bridgehead atoms. The van der Waals surface area contributed by atoms with E-state index in [2.05, 4.69) is 37.0 Å². The summed E-state index contributed by atoms with van der Waals surface area (Å²) in [7, 11) is 0. The third-order valence-corrected chi connectivity index (χ3v) is 20.0. The molecule has 6 fully saturated rings. The number of nitrogens with two attached hydrogens (primary N) is 2. The number of aromatic nitrogens is 4. The number of nitrogen functional groups attached to an aromatic ring is 1. The van der Waals surface area contributed by atoms with E-state index < -0.39 is 209 Å². The van der Waals surface area contributed by atoms with Crippen LogP contribution in [0, 0.1) is 5.92 Å². The highest BCUT2D eigenvalue weighted by Gasteiger charge is 2.54. The second-order valence-electron chi connectivity index (χ2n) is 38.6. The zero-order valence-corrected chi connectivity index (χ0v) is 79.9. The lowest BCUT2D eigenvalue weighted by Gasteiger charge is -2.39. The van der Waals surface area contributed by atoms with Crippen LogP contribution in [0.25, 0.3) is 0 Å². The largest absolute Gasteiger partial charge is 0.444 e. The number of likely N-dealkylation sites (tertiary alicyclic amines) is 4. The Balaban J connectivity index is 0.000000265. The summed E-state index contributed by atoms with van der Waals surface area (Å²) >= 11 is 0. The van der Waals surface area contributed by atoms with Gasteiger partial charge < -0.3 is 73.5 Å². The van der Waals surface area contributed by atoms with Crippen molar-refractivity contribution < 1.29 is 155 Å². The average Bonchev–Trinajstić information content (AvgIpc) is 1.60. The number of halogens is 8. The maximum absolute atomic E-state index is 15.1. The second-order valence-corrected chi connectivity index (χ2v) is 38.6. The number of alkyl halides is 8. The fourth-order valence-corrected chi connectivity index (χ4v) is 13.9. The van der Waals surface area contributed by atoms with Crippen molar-refractivity contribution in [3.8, 4) is 0 Å². The highest BCUT2D eigenvalue weighted by atomic mass is 19.3. The van der Waals surface area contributed by atoms with Crippen molar-refractivity contribution in [3.05, 3.63) is 94.6 Å². The van der Waals surface area contributed by atoms with E-state index in [1.165, 1.54) is 47.7 Å². The Morgan fingerprint density at radius 2 is 0.863 bits per heavy atom. The molecule has 2 aromatic heterocycles. The Kier molecular flexibility index (Phi) is 37.9. The van der Waals surface area contributed by atoms with Gasteiger partial charge in [-0.3, -0.25) is 88.6 Å². The Bertz CT molecular complexity index is 5210. The first kappa shape index (κ1) is 114. The van der Waals surface area contributed by atoms with Gasteiger partial charge in [-0.15, -0.1) is 0 Å². The van der Waals surface area contributed by atoms with Crippen LogP contribution in [0.5, 0.6) is 0 Å². The number of hydrazine groups is 2. The van der Waals surface area contributed by atoms with Crippen LogP contribution >= 0.6 is 0 Å². The topological polar surface area (TPSA) is 559 Å². The van der Waals surface area contributed by atoms with Crippen LogP contribution in [0.15, 0.2) is 61.2 Å². The lowest BCUT2D eigenvalue weighted by atomic mass is 10.0. The molecule has 51 heteroatoms. The number of anilines is 2. The van der Waals surface area contributed by atoms with Crippen LogP contribution in [0.3, 0.4) is 0 Å². The minimum absolute atomic E-state index is 0.0106. The molecule has 5 atom stereocenters. The van der Waals surface area contributed by atoms with Crippen molar-refractivity contribution in [1.82, 2.24) is 75.9 Å². The van der Waals surface area contributed by atoms with Gasteiger partial charge >= 0.3 is 42.5 Å². The number of rotatable bonds is 13. The van der Waals surface area contributed by atoms with Crippen molar-refractivity contribution in [2.24, 2.45) is 11.8 Å². The van der Waals surface area contributed by atoms with Crippen molar-refractivity contribution >= 4 is 126 Å². The zero-order chi connectivity index (χ0) is 105. The summed E-state index contributed by atoms with van der Waals surface area (Å²) in [4.78, 5) is 223. The highest BCUT2D eigenvalue weighted by molar-refractivity contribution is 6.26. The predicted molar refractivity (Wildman–Crippen MR) is 472 cm³/mol. The van der Waals surface area contributed by atoms with Gasteiger partial charge in [-0.2, -0.15) is 19.0 Å². The first-order valence-corrected chi connectivity index (χ1v) is 43.5. The Morgan fingerprint density at radius 1 is 0.475 bits per heavy atom. The van der Waals surface area contributed by atoms with E-state index in [9.17, 15) is 117 Å². The van der Waals surface area contributed by atoms with Gasteiger partial charge in [-0.05, 0) is 181 Å². The molecule has 0 spiro atoms. The van der Waals surface area contributed by atoms with Gasteiger partial charge in [-0.25, -0.2) is 66.4 Å². The van der Waals surface area contributed by atoms with Gasteiger partial charge in [0.2, 0.25) is 29.4 Å². The van der Waals surface area contributed by atoms with Gasteiger partial charge in [0.15, 0.2) is 6.29 Å². The normalized spacial score (nSPS) is 20.3. The molecule has 2 aromatic carbocycles. The third-order valence-electron chi connectivity index (χ3n) is 20.0. The number of carbonyl (C=O) groups excluding carboxylic acids is 19. The molecule has 0 radical (unpaired) electrons. The monoisotopic (exact) mass is 1980 g/mol. The molecule has 8 aliphatic heterocycles. The number of nitrogens with one attached hydrogen (secondary N) is 6. The molecule has 6 saturated heterocycles. The van der Waals surface area contributed by atoms with Crippen LogP contribution in [-0.4, -0.2) is 291 Å². The summed E-state index contributed by atoms with van der Waals surface area (Å²) in [5, 5.41) is 15.3. The molecule has 12 rings (SSSR count). The number of hydrogen-bond acceptors (Lipinski definition) is 31. The number of benzene rings is 2. The molecule has 139 heavy (non-hydrogen) atoms. The molecular weight excluding hydrogens is 1860 g/mol. The minimum Gasteiger partial charge on any atom is -0.444 e. The predicted octanol–water partition coefficient (Wildman–Crippen LogP) is 8.97. The quantitative estimate of drug-likeness (QED) is 0.00712. The second kappa shape index (κ2) is 46.2. The first-order chi connectivity index (χ1) is 64.0. The molecular formula is C88H118F8N18O25. The van der Waals surface area contributed by atoms with E-state index in [-0.39, 0.29) is 118 Å². The molecule has 10 heterocycles.